The maximum atomic E-state index is 12.4. The number of nitrogens with one attached hydrogen (secondary N) is 3. The average Bonchev–Trinajstić information content (AvgIpc) is 3.08. The number of para-hydroxylation sites is 1. The summed E-state index contributed by atoms with van der Waals surface area (Å²) in [5.41, 5.74) is 4.49. The van der Waals surface area contributed by atoms with Gasteiger partial charge in [-0.1, -0.05) is 18.2 Å². The minimum atomic E-state index is -0.136. The molecule has 0 aliphatic heterocycles. The molecule has 0 atom stereocenters. The van der Waals surface area contributed by atoms with Gasteiger partial charge in [0.15, 0.2) is 0 Å². The van der Waals surface area contributed by atoms with Gasteiger partial charge in [-0.05, 0) is 43.3 Å². The molecule has 0 bridgehead atoms. The van der Waals surface area contributed by atoms with E-state index in [0.717, 1.165) is 33.2 Å². The van der Waals surface area contributed by atoms with Crippen molar-refractivity contribution in [2.24, 2.45) is 0 Å². The molecule has 4 rings (SSSR count). The summed E-state index contributed by atoms with van der Waals surface area (Å²) < 4.78 is 0. The highest BCUT2D eigenvalue weighted by Gasteiger charge is 2.10. The Morgan fingerprint density at radius 3 is 2.59 bits per heavy atom. The first-order valence-electron chi connectivity index (χ1n) is 7.17. The molecule has 0 saturated heterocycles. The summed E-state index contributed by atoms with van der Waals surface area (Å²) in [4.78, 5) is 18.8. The standard InChI is InChI=1S/C18H15N3O/c1-11-8-13-9-14(6-7-16(13)19-11)20-18(22)17-10-12-4-2-3-5-15(12)21-17/h2-10,19,21H,1H3,(H,20,22). The normalized spacial score (nSPS) is 11.1. The summed E-state index contributed by atoms with van der Waals surface area (Å²) in [6, 6.07) is 17.6. The molecular formula is C18H15N3O. The molecule has 4 heteroatoms. The van der Waals surface area contributed by atoms with E-state index in [-0.39, 0.29) is 5.91 Å². The van der Waals surface area contributed by atoms with Crippen LogP contribution in [0.1, 0.15) is 16.2 Å². The fraction of sp³-hybridized carbons (Fsp3) is 0.0556. The molecule has 0 spiro atoms. The van der Waals surface area contributed by atoms with Crippen molar-refractivity contribution in [1.29, 1.82) is 0 Å². The maximum absolute atomic E-state index is 12.4. The molecule has 3 N–H and O–H groups in total. The molecule has 4 aromatic rings. The minimum Gasteiger partial charge on any atom is -0.359 e. The van der Waals surface area contributed by atoms with E-state index < -0.39 is 0 Å². The number of aromatic amines is 2. The summed E-state index contributed by atoms with van der Waals surface area (Å²) in [5, 5.41) is 5.06. The quantitative estimate of drug-likeness (QED) is 0.508. The van der Waals surface area contributed by atoms with E-state index in [1.54, 1.807) is 0 Å². The SMILES string of the molecule is Cc1cc2cc(NC(=O)c3cc4ccccc4[nH]3)ccc2[nH]1. The molecule has 0 fully saturated rings. The van der Waals surface area contributed by atoms with Crippen molar-refractivity contribution >= 4 is 33.4 Å². The first-order valence-corrected chi connectivity index (χ1v) is 7.17. The predicted octanol–water partition coefficient (Wildman–Crippen LogP) is 4.21. The zero-order valence-corrected chi connectivity index (χ0v) is 12.1. The van der Waals surface area contributed by atoms with Crippen LogP contribution in [-0.2, 0) is 0 Å². The van der Waals surface area contributed by atoms with Gasteiger partial charge in [-0.25, -0.2) is 0 Å². The van der Waals surface area contributed by atoms with Crippen LogP contribution >= 0.6 is 0 Å². The van der Waals surface area contributed by atoms with Gasteiger partial charge in [0.1, 0.15) is 5.69 Å². The molecule has 0 unspecified atom stereocenters. The number of H-pyrrole nitrogens is 2. The van der Waals surface area contributed by atoms with E-state index >= 15 is 0 Å². The summed E-state index contributed by atoms with van der Waals surface area (Å²) in [7, 11) is 0. The third-order valence-corrected chi connectivity index (χ3v) is 3.79. The van der Waals surface area contributed by atoms with Crippen LogP contribution in [0.3, 0.4) is 0 Å². The Morgan fingerprint density at radius 2 is 1.73 bits per heavy atom. The lowest BCUT2D eigenvalue weighted by Crippen LogP contribution is -2.11. The van der Waals surface area contributed by atoms with E-state index in [9.17, 15) is 4.79 Å². The highest BCUT2D eigenvalue weighted by molar-refractivity contribution is 6.06. The molecule has 108 valence electrons. The Kier molecular flexibility index (Phi) is 2.76. The van der Waals surface area contributed by atoms with E-state index in [0.29, 0.717) is 5.69 Å². The number of benzene rings is 2. The first kappa shape index (κ1) is 12.7. The Balaban J connectivity index is 1.64. The van der Waals surface area contributed by atoms with Gasteiger partial charge in [-0.3, -0.25) is 4.79 Å². The highest BCUT2D eigenvalue weighted by Crippen LogP contribution is 2.21. The number of fused-ring (bicyclic) bond motifs is 2. The Hall–Kier alpha value is -3.01. The molecule has 4 nitrogen and oxygen atoms in total. The highest BCUT2D eigenvalue weighted by atomic mass is 16.1. The second-order valence-electron chi connectivity index (χ2n) is 5.48. The molecule has 0 aliphatic carbocycles. The van der Waals surface area contributed by atoms with Crippen molar-refractivity contribution in [3.05, 3.63) is 66.0 Å². The molecular weight excluding hydrogens is 274 g/mol. The van der Waals surface area contributed by atoms with Crippen molar-refractivity contribution in [1.82, 2.24) is 9.97 Å². The zero-order valence-electron chi connectivity index (χ0n) is 12.1. The molecule has 1 amide bonds. The third kappa shape index (κ3) is 2.15. The molecule has 2 heterocycles. The number of rotatable bonds is 2. The van der Waals surface area contributed by atoms with E-state index in [4.69, 9.17) is 0 Å². The lowest BCUT2D eigenvalue weighted by molar-refractivity contribution is 0.102. The summed E-state index contributed by atoms with van der Waals surface area (Å²) in [6.07, 6.45) is 0. The molecule has 2 aromatic carbocycles. The van der Waals surface area contributed by atoms with Gasteiger partial charge >= 0.3 is 0 Å². The number of hydrogen-bond acceptors (Lipinski definition) is 1. The first-order chi connectivity index (χ1) is 10.7. The summed E-state index contributed by atoms with van der Waals surface area (Å²) in [6.45, 7) is 2.02. The van der Waals surface area contributed by atoms with Crippen LogP contribution in [0.2, 0.25) is 0 Å². The van der Waals surface area contributed by atoms with Crippen LogP contribution in [-0.4, -0.2) is 15.9 Å². The number of carbonyl (C=O) groups is 1. The van der Waals surface area contributed by atoms with Gasteiger partial charge < -0.3 is 15.3 Å². The van der Waals surface area contributed by atoms with Crippen LogP contribution in [0.5, 0.6) is 0 Å². The average molecular weight is 289 g/mol. The number of hydrogen-bond donors (Lipinski definition) is 3. The third-order valence-electron chi connectivity index (χ3n) is 3.79. The van der Waals surface area contributed by atoms with Crippen molar-refractivity contribution in [2.75, 3.05) is 5.32 Å². The predicted molar refractivity (Wildman–Crippen MR) is 89.3 cm³/mol. The van der Waals surface area contributed by atoms with Crippen LogP contribution in [0.25, 0.3) is 21.8 Å². The lowest BCUT2D eigenvalue weighted by Gasteiger charge is -2.03. The van der Waals surface area contributed by atoms with Gasteiger partial charge in [0, 0.05) is 33.2 Å². The van der Waals surface area contributed by atoms with E-state index in [1.807, 2.05) is 55.5 Å². The number of aromatic nitrogens is 2. The van der Waals surface area contributed by atoms with Gasteiger partial charge in [0.05, 0.1) is 0 Å². The Bertz CT molecular complexity index is 961. The van der Waals surface area contributed by atoms with E-state index in [1.165, 1.54) is 0 Å². The minimum absolute atomic E-state index is 0.136. The van der Waals surface area contributed by atoms with Gasteiger partial charge in [0.25, 0.3) is 5.91 Å². The van der Waals surface area contributed by atoms with Crippen LogP contribution in [0.4, 0.5) is 5.69 Å². The van der Waals surface area contributed by atoms with Crippen molar-refractivity contribution in [3.63, 3.8) is 0 Å². The van der Waals surface area contributed by atoms with Crippen molar-refractivity contribution < 1.29 is 4.79 Å². The van der Waals surface area contributed by atoms with Crippen LogP contribution < -0.4 is 5.32 Å². The number of amides is 1. The van der Waals surface area contributed by atoms with E-state index in [2.05, 4.69) is 21.4 Å². The molecule has 0 saturated carbocycles. The van der Waals surface area contributed by atoms with Crippen molar-refractivity contribution in [2.45, 2.75) is 6.92 Å². The maximum Gasteiger partial charge on any atom is 0.272 e. The topological polar surface area (TPSA) is 60.7 Å². The lowest BCUT2D eigenvalue weighted by atomic mass is 10.2. The smallest absolute Gasteiger partial charge is 0.272 e. The second-order valence-corrected chi connectivity index (χ2v) is 5.48. The van der Waals surface area contributed by atoms with Crippen LogP contribution in [0.15, 0.2) is 54.6 Å². The van der Waals surface area contributed by atoms with Crippen molar-refractivity contribution in [3.8, 4) is 0 Å². The zero-order chi connectivity index (χ0) is 15.1. The van der Waals surface area contributed by atoms with Gasteiger partial charge in [-0.2, -0.15) is 0 Å². The van der Waals surface area contributed by atoms with Crippen LogP contribution in [0, 0.1) is 6.92 Å². The number of anilines is 1. The molecule has 0 radical (unpaired) electrons. The summed E-state index contributed by atoms with van der Waals surface area (Å²) >= 11 is 0. The molecule has 0 aliphatic rings. The Morgan fingerprint density at radius 1 is 0.909 bits per heavy atom. The molecule has 2 aromatic heterocycles. The van der Waals surface area contributed by atoms with Gasteiger partial charge in [-0.15, -0.1) is 0 Å². The fourth-order valence-corrected chi connectivity index (χ4v) is 2.75. The summed E-state index contributed by atoms with van der Waals surface area (Å²) in [5.74, 6) is -0.136. The Labute approximate surface area is 127 Å². The number of carbonyl (C=O) groups excluding carboxylic acids is 1. The largest absolute Gasteiger partial charge is 0.359 e. The fourth-order valence-electron chi connectivity index (χ4n) is 2.75. The second kappa shape index (κ2) is 4.77. The van der Waals surface area contributed by atoms with Gasteiger partial charge in [0.2, 0.25) is 0 Å². The number of aryl methyl sites for hydroxylation is 1. The monoisotopic (exact) mass is 289 g/mol. The molecule has 22 heavy (non-hydrogen) atoms.